The van der Waals surface area contributed by atoms with Crippen molar-refractivity contribution < 1.29 is 13.9 Å². The Bertz CT molecular complexity index is 1090. The molecule has 142 valence electrons. The highest BCUT2D eigenvalue weighted by Gasteiger charge is 2.21. The van der Waals surface area contributed by atoms with Crippen molar-refractivity contribution in [2.45, 2.75) is 13.0 Å². The quantitative estimate of drug-likeness (QED) is 0.387. The maximum Gasteiger partial charge on any atom is 0.233 e. The SMILES string of the molecule is COc1ccc(CC(=O)N(Cc2ccco2)c2nc3ccc(Br)cc3s2)cc1. The molecular formula is C21H17BrN2O3S. The average Bonchev–Trinajstić information content (AvgIpc) is 3.35. The maximum atomic E-state index is 13.1. The molecule has 4 rings (SSSR count). The molecule has 0 bridgehead atoms. The topological polar surface area (TPSA) is 55.6 Å². The molecule has 0 aliphatic carbocycles. The zero-order valence-electron chi connectivity index (χ0n) is 15.1. The van der Waals surface area contributed by atoms with Crippen molar-refractivity contribution in [1.29, 1.82) is 0 Å². The first-order chi connectivity index (χ1) is 13.6. The Hall–Kier alpha value is -2.64. The van der Waals surface area contributed by atoms with E-state index in [2.05, 4.69) is 20.9 Å². The molecule has 0 unspecified atom stereocenters. The predicted molar refractivity (Wildman–Crippen MR) is 114 cm³/mol. The summed E-state index contributed by atoms with van der Waals surface area (Å²) in [6.45, 7) is 0.336. The molecule has 2 aromatic heterocycles. The third-order valence-corrected chi connectivity index (χ3v) is 5.81. The first kappa shape index (κ1) is 18.7. The number of anilines is 1. The van der Waals surface area contributed by atoms with Crippen molar-refractivity contribution >= 4 is 48.5 Å². The first-order valence-corrected chi connectivity index (χ1v) is 10.2. The van der Waals surface area contributed by atoms with Crippen LogP contribution in [0.1, 0.15) is 11.3 Å². The average molecular weight is 457 g/mol. The van der Waals surface area contributed by atoms with Gasteiger partial charge in [0.05, 0.1) is 36.6 Å². The number of methoxy groups -OCH3 is 1. The van der Waals surface area contributed by atoms with Crippen LogP contribution in [0.15, 0.2) is 69.8 Å². The maximum absolute atomic E-state index is 13.1. The van der Waals surface area contributed by atoms with Gasteiger partial charge in [0.2, 0.25) is 5.91 Å². The molecule has 0 fully saturated rings. The van der Waals surface area contributed by atoms with E-state index in [1.54, 1.807) is 18.3 Å². The zero-order valence-corrected chi connectivity index (χ0v) is 17.5. The van der Waals surface area contributed by atoms with E-state index >= 15 is 0 Å². The Labute approximate surface area is 174 Å². The number of nitrogens with zero attached hydrogens (tertiary/aromatic N) is 2. The van der Waals surface area contributed by atoms with E-state index in [1.807, 2.05) is 54.6 Å². The van der Waals surface area contributed by atoms with Crippen LogP contribution < -0.4 is 9.64 Å². The van der Waals surface area contributed by atoms with Crippen molar-refractivity contribution in [1.82, 2.24) is 4.98 Å². The number of carbonyl (C=O) groups is 1. The largest absolute Gasteiger partial charge is 0.497 e. The molecule has 7 heteroatoms. The number of furan rings is 1. The Morgan fingerprint density at radius 1 is 1.21 bits per heavy atom. The first-order valence-electron chi connectivity index (χ1n) is 8.64. The summed E-state index contributed by atoms with van der Waals surface area (Å²) in [6, 6.07) is 17.1. The molecule has 0 aliphatic rings. The van der Waals surface area contributed by atoms with E-state index in [1.165, 1.54) is 11.3 Å². The Balaban J connectivity index is 1.64. The van der Waals surface area contributed by atoms with Crippen LogP contribution in [0.4, 0.5) is 5.13 Å². The predicted octanol–water partition coefficient (Wildman–Crippen LogP) is 5.44. The van der Waals surface area contributed by atoms with Gasteiger partial charge in [-0.1, -0.05) is 39.4 Å². The fourth-order valence-electron chi connectivity index (χ4n) is 2.84. The lowest BCUT2D eigenvalue weighted by molar-refractivity contribution is -0.118. The summed E-state index contributed by atoms with van der Waals surface area (Å²) in [5.74, 6) is 1.43. The van der Waals surface area contributed by atoms with Gasteiger partial charge in [0.25, 0.3) is 0 Å². The Morgan fingerprint density at radius 2 is 2.04 bits per heavy atom. The fraction of sp³-hybridized carbons (Fsp3) is 0.143. The number of fused-ring (bicyclic) bond motifs is 1. The molecule has 5 nitrogen and oxygen atoms in total. The van der Waals surface area contributed by atoms with Crippen LogP contribution in [0.2, 0.25) is 0 Å². The lowest BCUT2D eigenvalue weighted by atomic mass is 10.1. The van der Waals surface area contributed by atoms with Crippen LogP contribution in [0.5, 0.6) is 5.75 Å². The highest BCUT2D eigenvalue weighted by molar-refractivity contribution is 9.10. The second kappa shape index (κ2) is 8.16. The molecule has 0 N–H and O–H groups in total. The molecule has 0 aliphatic heterocycles. The minimum atomic E-state index is -0.0420. The summed E-state index contributed by atoms with van der Waals surface area (Å²) in [5.41, 5.74) is 1.78. The van der Waals surface area contributed by atoms with Gasteiger partial charge in [-0.25, -0.2) is 4.98 Å². The minimum absolute atomic E-state index is 0.0420. The highest BCUT2D eigenvalue weighted by Crippen LogP contribution is 2.32. The molecule has 0 saturated heterocycles. The van der Waals surface area contributed by atoms with Gasteiger partial charge in [-0.15, -0.1) is 0 Å². The van der Waals surface area contributed by atoms with E-state index in [0.29, 0.717) is 17.4 Å². The van der Waals surface area contributed by atoms with Crippen LogP contribution in [0, 0.1) is 0 Å². The van der Waals surface area contributed by atoms with E-state index in [9.17, 15) is 4.79 Å². The summed E-state index contributed by atoms with van der Waals surface area (Å²) < 4.78 is 12.7. The van der Waals surface area contributed by atoms with Crippen molar-refractivity contribution in [2.75, 3.05) is 12.0 Å². The molecule has 0 atom stereocenters. The van der Waals surface area contributed by atoms with Crippen molar-refractivity contribution in [3.63, 3.8) is 0 Å². The standard InChI is InChI=1S/C21H17BrN2O3S/c1-26-16-7-4-14(5-8-16)11-20(25)24(13-17-3-2-10-27-17)21-23-18-9-6-15(22)12-19(18)28-21/h2-10,12H,11,13H2,1H3. The molecule has 1 amide bonds. The third kappa shape index (κ3) is 4.10. The second-order valence-corrected chi connectivity index (χ2v) is 8.12. The van der Waals surface area contributed by atoms with Crippen LogP contribution in [-0.2, 0) is 17.8 Å². The van der Waals surface area contributed by atoms with Crippen LogP contribution in [0.3, 0.4) is 0 Å². The third-order valence-electron chi connectivity index (χ3n) is 4.28. The zero-order chi connectivity index (χ0) is 19.5. The van der Waals surface area contributed by atoms with Crippen LogP contribution in [-0.4, -0.2) is 18.0 Å². The number of hydrogen-bond donors (Lipinski definition) is 0. The molecule has 0 radical (unpaired) electrons. The van der Waals surface area contributed by atoms with Crippen LogP contribution >= 0.6 is 27.3 Å². The molecule has 28 heavy (non-hydrogen) atoms. The molecule has 2 aromatic carbocycles. The number of halogens is 1. The van der Waals surface area contributed by atoms with Gasteiger partial charge in [-0.05, 0) is 48.0 Å². The van der Waals surface area contributed by atoms with E-state index in [0.717, 1.165) is 26.0 Å². The van der Waals surface area contributed by atoms with E-state index in [4.69, 9.17) is 9.15 Å². The Morgan fingerprint density at radius 3 is 2.75 bits per heavy atom. The summed E-state index contributed by atoms with van der Waals surface area (Å²) in [6.07, 6.45) is 1.88. The smallest absolute Gasteiger partial charge is 0.233 e. The summed E-state index contributed by atoms with van der Waals surface area (Å²) in [4.78, 5) is 19.5. The van der Waals surface area contributed by atoms with Gasteiger partial charge in [-0.3, -0.25) is 9.69 Å². The number of rotatable bonds is 6. The number of amides is 1. The number of aromatic nitrogens is 1. The monoisotopic (exact) mass is 456 g/mol. The van der Waals surface area contributed by atoms with Gasteiger partial charge < -0.3 is 9.15 Å². The van der Waals surface area contributed by atoms with Crippen molar-refractivity contribution in [3.05, 3.63) is 76.7 Å². The van der Waals surface area contributed by atoms with Gasteiger partial charge in [0, 0.05) is 4.47 Å². The normalized spacial score (nSPS) is 10.9. The number of ether oxygens (including phenoxy) is 1. The van der Waals surface area contributed by atoms with Gasteiger partial charge in [0.1, 0.15) is 11.5 Å². The number of carbonyl (C=O) groups excluding carboxylic acids is 1. The molecular weight excluding hydrogens is 440 g/mol. The van der Waals surface area contributed by atoms with Crippen molar-refractivity contribution in [2.24, 2.45) is 0 Å². The fourth-order valence-corrected chi connectivity index (χ4v) is 4.37. The molecule has 2 heterocycles. The summed E-state index contributed by atoms with van der Waals surface area (Å²) in [5, 5.41) is 0.656. The second-order valence-electron chi connectivity index (χ2n) is 6.19. The lowest BCUT2D eigenvalue weighted by Gasteiger charge is -2.19. The minimum Gasteiger partial charge on any atom is -0.497 e. The van der Waals surface area contributed by atoms with Crippen LogP contribution in [0.25, 0.3) is 10.2 Å². The van der Waals surface area contributed by atoms with E-state index < -0.39 is 0 Å². The van der Waals surface area contributed by atoms with Gasteiger partial charge in [-0.2, -0.15) is 0 Å². The van der Waals surface area contributed by atoms with Gasteiger partial charge >= 0.3 is 0 Å². The Kier molecular flexibility index (Phi) is 5.45. The number of thiazole rings is 1. The highest BCUT2D eigenvalue weighted by atomic mass is 79.9. The summed E-state index contributed by atoms with van der Waals surface area (Å²) >= 11 is 4.97. The molecule has 4 aromatic rings. The lowest BCUT2D eigenvalue weighted by Crippen LogP contribution is -2.31. The number of benzene rings is 2. The van der Waals surface area contributed by atoms with Crippen molar-refractivity contribution in [3.8, 4) is 5.75 Å². The number of hydrogen-bond acceptors (Lipinski definition) is 5. The van der Waals surface area contributed by atoms with Gasteiger partial charge in [0.15, 0.2) is 5.13 Å². The van der Waals surface area contributed by atoms with E-state index in [-0.39, 0.29) is 12.3 Å². The summed E-state index contributed by atoms with van der Waals surface area (Å²) in [7, 11) is 1.62. The molecule has 0 saturated carbocycles. The molecule has 0 spiro atoms.